The number of sulfonamides is 1. The molecule has 0 radical (unpaired) electrons. The average molecular weight is 506 g/mol. The Hall–Kier alpha value is -2.65. The molecule has 0 saturated heterocycles. The number of halogens is 2. The van der Waals surface area contributed by atoms with E-state index in [1.54, 1.807) is 54.1 Å². The van der Waals surface area contributed by atoms with Gasteiger partial charge in [0.05, 0.1) is 25.2 Å². The molecule has 0 aliphatic heterocycles. The van der Waals surface area contributed by atoms with Gasteiger partial charge in [0.15, 0.2) is 4.80 Å². The van der Waals surface area contributed by atoms with E-state index < -0.39 is 15.9 Å². The van der Waals surface area contributed by atoms with Gasteiger partial charge in [-0.15, -0.1) is 0 Å². The van der Waals surface area contributed by atoms with Gasteiger partial charge in [0.2, 0.25) is 0 Å². The van der Waals surface area contributed by atoms with Crippen LogP contribution in [-0.4, -0.2) is 18.9 Å². The highest BCUT2D eigenvalue weighted by Gasteiger charge is 2.16. The normalized spacial score (nSPS) is 12.3. The molecular weight excluding hydrogens is 489 g/mol. The molecule has 3 aromatic carbocycles. The first-order valence-corrected chi connectivity index (χ1v) is 12.4. The van der Waals surface area contributed by atoms with Gasteiger partial charge < -0.3 is 4.57 Å². The van der Waals surface area contributed by atoms with E-state index in [1.165, 1.54) is 29.5 Å². The van der Waals surface area contributed by atoms with E-state index in [-0.39, 0.29) is 16.1 Å². The highest BCUT2D eigenvalue weighted by Crippen LogP contribution is 2.31. The average Bonchev–Trinajstić information content (AvgIpc) is 3.08. The zero-order chi connectivity index (χ0) is 23.0. The molecule has 4 rings (SSSR count). The first kappa shape index (κ1) is 22.5. The summed E-state index contributed by atoms with van der Waals surface area (Å²) in [5, 5.41) is 1.02. The third-order valence-electron chi connectivity index (χ3n) is 4.74. The lowest BCUT2D eigenvalue weighted by molar-refractivity contribution is 0.0998. The van der Waals surface area contributed by atoms with Crippen molar-refractivity contribution in [3.63, 3.8) is 0 Å². The van der Waals surface area contributed by atoms with Crippen LogP contribution in [0.5, 0.6) is 0 Å². The van der Waals surface area contributed by atoms with E-state index in [0.717, 1.165) is 10.3 Å². The molecule has 1 aromatic heterocycles. The van der Waals surface area contributed by atoms with Crippen LogP contribution in [0.1, 0.15) is 15.9 Å². The minimum absolute atomic E-state index is 0.135. The molecule has 4 aromatic rings. The molecule has 164 valence electrons. The Bertz CT molecular complexity index is 1520. The largest absolute Gasteiger partial charge is 0.318 e. The van der Waals surface area contributed by atoms with Crippen molar-refractivity contribution < 1.29 is 13.2 Å². The Morgan fingerprint density at radius 1 is 1.03 bits per heavy atom. The summed E-state index contributed by atoms with van der Waals surface area (Å²) in [5.74, 6) is -0.518. The second-order valence-corrected chi connectivity index (χ2v) is 10.5. The van der Waals surface area contributed by atoms with Crippen LogP contribution in [0.2, 0.25) is 10.0 Å². The van der Waals surface area contributed by atoms with Crippen LogP contribution in [0.15, 0.2) is 70.6 Å². The number of fused-ring (bicyclic) bond motifs is 1. The number of hydrogen-bond acceptors (Lipinski definition) is 4. The van der Waals surface area contributed by atoms with Crippen LogP contribution in [0.3, 0.4) is 0 Å². The fourth-order valence-electron chi connectivity index (χ4n) is 3.08. The van der Waals surface area contributed by atoms with Gasteiger partial charge in [-0.05, 0) is 49.4 Å². The van der Waals surface area contributed by atoms with E-state index in [0.29, 0.717) is 20.4 Å². The number of aryl methyl sites for hydroxylation is 2. The number of carbonyl (C=O) groups excluding carboxylic acids is 1. The molecule has 0 bridgehead atoms. The monoisotopic (exact) mass is 505 g/mol. The zero-order valence-corrected chi connectivity index (χ0v) is 20.1. The smallest absolute Gasteiger partial charge is 0.279 e. The van der Waals surface area contributed by atoms with Crippen molar-refractivity contribution in [2.24, 2.45) is 12.0 Å². The Morgan fingerprint density at radius 2 is 1.72 bits per heavy atom. The van der Waals surface area contributed by atoms with Gasteiger partial charge in [0, 0.05) is 18.3 Å². The lowest BCUT2D eigenvalue weighted by Gasteiger charge is -2.09. The van der Waals surface area contributed by atoms with Gasteiger partial charge >= 0.3 is 0 Å². The first-order chi connectivity index (χ1) is 15.2. The maximum Gasteiger partial charge on any atom is 0.279 e. The number of benzene rings is 3. The Morgan fingerprint density at radius 3 is 2.41 bits per heavy atom. The molecule has 0 aliphatic rings. The Balaban J connectivity index is 1.67. The molecule has 0 unspecified atom stereocenters. The van der Waals surface area contributed by atoms with E-state index in [2.05, 4.69) is 9.71 Å². The quantitative estimate of drug-likeness (QED) is 0.403. The van der Waals surface area contributed by atoms with Crippen LogP contribution < -0.4 is 9.52 Å². The molecular formula is C22H17Cl2N3O3S2. The second kappa shape index (κ2) is 8.71. The highest BCUT2D eigenvalue weighted by atomic mass is 35.5. The Labute approximate surface area is 198 Å². The molecule has 0 atom stereocenters. The molecule has 0 aliphatic carbocycles. The first-order valence-electron chi connectivity index (χ1n) is 9.38. The molecule has 32 heavy (non-hydrogen) atoms. The summed E-state index contributed by atoms with van der Waals surface area (Å²) in [4.78, 5) is 17.6. The minimum atomic E-state index is -3.79. The summed E-state index contributed by atoms with van der Waals surface area (Å²) >= 11 is 13.8. The lowest BCUT2D eigenvalue weighted by atomic mass is 10.2. The number of rotatable bonds is 4. The van der Waals surface area contributed by atoms with Gasteiger partial charge in [-0.1, -0.05) is 58.3 Å². The van der Waals surface area contributed by atoms with Gasteiger partial charge in [-0.2, -0.15) is 4.99 Å². The molecule has 0 saturated carbocycles. The summed E-state index contributed by atoms with van der Waals surface area (Å²) in [7, 11) is -2.04. The number of hydrogen-bond donors (Lipinski definition) is 1. The number of amides is 1. The number of thiazole rings is 1. The second-order valence-electron chi connectivity index (χ2n) is 7.07. The summed E-state index contributed by atoms with van der Waals surface area (Å²) < 4.78 is 30.2. The van der Waals surface area contributed by atoms with Gasteiger partial charge in [-0.25, -0.2) is 8.42 Å². The fraction of sp³-hybridized carbons (Fsp3) is 0.0909. The predicted octanol–water partition coefficient (Wildman–Crippen LogP) is 5.40. The Kier molecular flexibility index (Phi) is 6.13. The van der Waals surface area contributed by atoms with Crippen LogP contribution in [0.25, 0.3) is 10.2 Å². The summed E-state index contributed by atoms with van der Waals surface area (Å²) in [5.41, 5.74) is 2.15. The number of nitrogens with zero attached hydrogens (tertiary/aromatic N) is 2. The highest BCUT2D eigenvalue weighted by molar-refractivity contribution is 7.92. The maximum absolute atomic E-state index is 12.8. The lowest BCUT2D eigenvalue weighted by Crippen LogP contribution is -2.14. The van der Waals surface area contributed by atoms with E-state index >= 15 is 0 Å². The van der Waals surface area contributed by atoms with Crippen LogP contribution >= 0.6 is 34.5 Å². The van der Waals surface area contributed by atoms with Gasteiger partial charge in [-0.3, -0.25) is 9.52 Å². The molecule has 0 fully saturated rings. The van der Waals surface area contributed by atoms with E-state index in [9.17, 15) is 13.2 Å². The standard InChI is InChI=1S/C22H17Cl2N3O3S2/c1-13-6-8-16(9-7-13)32(29,30)26-15-5-3-4-14(12-15)21(28)25-22-27(2)19-17(23)10-11-18(24)20(19)31-22/h3-12,26H,1-2H3. The van der Waals surface area contributed by atoms with E-state index in [4.69, 9.17) is 23.2 Å². The molecule has 0 spiro atoms. The van der Waals surface area contributed by atoms with Crippen LogP contribution in [0.4, 0.5) is 5.69 Å². The molecule has 1 N–H and O–H groups in total. The predicted molar refractivity (Wildman–Crippen MR) is 129 cm³/mol. The van der Waals surface area contributed by atoms with Crippen molar-refractivity contribution in [1.29, 1.82) is 0 Å². The SMILES string of the molecule is Cc1ccc(S(=O)(=O)Nc2cccc(C(=O)N=c3sc4c(Cl)ccc(Cl)c4n3C)c2)cc1. The number of anilines is 1. The molecule has 6 nitrogen and oxygen atoms in total. The van der Waals surface area contributed by atoms with Gasteiger partial charge in [0.25, 0.3) is 15.9 Å². The fourth-order valence-corrected chi connectivity index (χ4v) is 5.79. The van der Waals surface area contributed by atoms with Crippen molar-refractivity contribution in [1.82, 2.24) is 4.57 Å². The van der Waals surface area contributed by atoms with Crippen molar-refractivity contribution >= 4 is 66.4 Å². The van der Waals surface area contributed by atoms with Crippen molar-refractivity contribution in [3.05, 3.63) is 86.6 Å². The number of nitrogens with one attached hydrogen (secondary N) is 1. The number of aromatic nitrogens is 1. The minimum Gasteiger partial charge on any atom is -0.318 e. The van der Waals surface area contributed by atoms with Crippen molar-refractivity contribution in [3.8, 4) is 0 Å². The summed E-state index contributed by atoms with van der Waals surface area (Å²) in [6.07, 6.45) is 0. The summed E-state index contributed by atoms with van der Waals surface area (Å²) in [6.45, 7) is 1.88. The summed E-state index contributed by atoms with van der Waals surface area (Å²) in [6, 6.07) is 16.1. The van der Waals surface area contributed by atoms with Crippen LogP contribution in [0, 0.1) is 6.92 Å². The molecule has 1 amide bonds. The van der Waals surface area contributed by atoms with Crippen LogP contribution in [-0.2, 0) is 17.1 Å². The molecule has 10 heteroatoms. The topological polar surface area (TPSA) is 80.5 Å². The van der Waals surface area contributed by atoms with Crippen molar-refractivity contribution in [2.75, 3.05) is 4.72 Å². The van der Waals surface area contributed by atoms with E-state index in [1.807, 2.05) is 6.92 Å². The van der Waals surface area contributed by atoms with Crippen molar-refractivity contribution in [2.45, 2.75) is 11.8 Å². The van der Waals surface area contributed by atoms with Gasteiger partial charge in [0.1, 0.15) is 0 Å². The zero-order valence-electron chi connectivity index (χ0n) is 17.0. The number of carbonyl (C=O) groups is 1. The maximum atomic E-state index is 12.8. The third-order valence-corrected chi connectivity index (χ3v) is 8.03. The third kappa shape index (κ3) is 4.45. The molecule has 1 heterocycles.